The molecule has 2 aromatic rings. The highest BCUT2D eigenvalue weighted by atomic mass is 127. The summed E-state index contributed by atoms with van der Waals surface area (Å²) in [7, 11) is 0. The number of aliphatic imine (C=N–C) groups is 1. The topological polar surface area (TPSA) is 56.7 Å². The minimum absolute atomic E-state index is 0. The molecule has 0 aromatic heterocycles. The third-order valence-corrected chi connectivity index (χ3v) is 5.21. The average Bonchev–Trinajstić information content (AvgIpc) is 3.16. The number of hydrogen-bond acceptors (Lipinski definition) is 2. The van der Waals surface area contributed by atoms with E-state index in [0.29, 0.717) is 0 Å². The monoisotopic (exact) mass is 508 g/mol. The zero-order valence-electron chi connectivity index (χ0n) is 17.6. The predicted molar refractivity (Wildman–Crippen MR) is 132 cm³/mol. The quantitative estimate of drug-likeness (QED) is 0.355. The summed E-state index contributed by atoms with van der Waals surface area (Å²) in [6.45, 7) is 9.12. The van der Waals surface area contributed by atoms with Gasteiger partial charge in [0.05, 0.1) is 0 Å². The van der Waals surface area contributed by atoms with Gasteiger partial charge in [0.15, 0.2) is 5.96 Å². The van der Waals surface area contributed by atoms with Gasteiger partial charge < -0.3 is 15.5 Å². The Labute approximate surface area is 191 Å². The molecule has 3 rings (SSSR count). The fourth-order valence-corrected chi connectivity index (χ4v) is 3.76. The molecule has 29 heavy (non-hydrogen) atoms. The van der Waals surface area contributed by atoms with Crippen molar-refractivity contribution < 1.29 is 4.79 Å². The Morgan fingerprint density at radius 1 is 1.21 bits per heavy atom. The molecular formula is C23H33IN4O. The van der Waals surface area contributed by atoms with Crippen LogP contribution in [0.2, 0.25) is 0 Å². The number of amides is 1. The number of guanidine groups is 1. The molecule has 1 unspecified atom stereocenters. The molecule has 0 bridgehead atoms. The van der Waals surface area contributed by atoms with Crippen LogP contribution in [0.1, 0.15) is 32.8 Å². The smallest absolute Gasteiger partial charge is 0.225 e. The summed E-state index contributed by atoms with van der Waals surface area (Å²) in [5, 5.41) is 9.42. The van der Waals surface area contributed by atoms with Crippen molar-refractivity contribution in [3.05, 3.63) is 48.0 Å². The number of fused-ring (bicyclic) bond motifs is 1. The number of likely N-dealkylation sites (tertiary alicyclic amines) is 1. The van der Waals surface area contributed by atoms with E-state index < -0.39 is 0 Å². The maximum atomic E-state index is 12.2. The van der Waals surface area contributed by atoms with Gasteiger partial charge in [0.2, 0.25) is 5.91 Å². The molecule has 0 radical (unpaired) electrons. The zero-order valence-corrected chi connectivity index (χ0v) is 20.0. The van der Waals surface area contributed by atoms with Crippen LogP contribution in [0, 0.1) is 5.92 Å². The molecule has 1 aliphatic heterocycles. The minimum atomic E-state index is 0. The second-order valence-corrected chi connectivity index (χ2v) is 7.72. The molecule has 1 heterocycles. The number of nitrogens with zero attached hydrogens (tertiary/aromatic N) is 2. The third-order valence-electron chi connectivity index (χ3n) is 5.21. The molecule has 1 fully saturated rings. The minimum Gasteiger partial charge on any atom is -0.357 e. The molecule has 1 atom stereocenters. The van der Waals surface area contributed by atoms with E-state index in [0.717, 1.165) is 45.0 Å². The molecule has 0 aliphatic carbocycles. The van der Waals surface area contributed by atoms with Crippen LogP contribution < -0.4 is 10.6 Å². The SMILES string of the molecule is CCNC(=NCCc1cccc2ccccc12)NC1CCN(C(=O)C(C)C)C1.I. The first-order chi connectivity index (χ1) is 13.6. The second-order valence-electron chi connectivity index (χ2n) is 7.72. The summed E-state index contributed by atoms with van der Waals surface area (Å²) in [6.07, 6.45) is 1.87. The first kappa shape index (κ1) is 23.4. The van der Waals surface area contributed by atoms with Gasteiger partial charge in [0.1, 0.15) is 0 Å². The van der Waals surface area contributed by atoms with Crippen LogP contribution in [0.25, 0.3) is 10.8 Å². The summed E-state index contributed by atoms with van der Waals surface area (Å²) in [5.74, 6) is 1.13. The maximum absolute atomic E-state index is 12.2. The molecule has 158 valence electrons. The Morgan fingerprint density at radius 3 is 2.72 bits per heavy atom. The Kier molecular flexibility index (Phi) is 9.20. The Balaban J connectivity index is 0.00000300. The molecule has 2 N–H and O–H groups in total. The average molecular weight is 508 g/mol. The van der Waals surface area contributed by atoms with E-state index in [2.05, 4.69) is 60.0 Å². The molecule has 1 aliphatic rings. The highest BCUT2D eigenvalue weighted by molar-refractivity contribution is 14.0. The summed E-state index contributed by atoms with van der Waals surface area (Å²) in [5.41, 5.74) is 1.33. The number of halogens is 1. The zero-order chi connectivity index (χ0) is 19.9. The van der Waals surface area contributed by atoms with Gasteiger partial charge in [-0.3, -0.25) is 9.79 Å². The van der Waals surface area contributed by atoms with Gasteiger partial charge in [0, 0.05) is 38.1 Å². The molecule has 1 amide bonds. The normalized spacial score (nSPS) is 16.8. The van der Waals surface area contributed by atoms with Crippen molar-refractivity contribution in [2.45, 2.75) is 39.7 Å². The fourth-order valence-electron chi connectivity index (χ4n) is 3.76. The van der Waals surface area contributed by atoms with Crippen molar-refractivity contribution in [2.24, 2.45) is 10.9 Å². The van der Waals surface area contributed by atoms with E-state index in [-0.39, 0.29) is 41.8 Å². The molecule has 1 saturated heterocycles. The fraction of sp³-hybridized carbons (Fsp3) is 0.478. The first-order valence-corrected chi connectivity index (χ1v) is 10.4. The van der Waals surface area contributed by atoms with Crippen molar-refractivity contribution in [3.8, 4) is 0 Å². The summed E-state index contributed by atoms with van der Waals surface area (Å²) in [4.78, 5) is 18.9. The van der Waals surface area contributed by atoms with Crippen LogP contribution >= 0.6 is 24.0 Å². The van der Waals surface area contributed by atoms with Crippen molar-refractivity contribution in [1.82, 2.24) is 15.5 Å². The molecule has 2 aromatic carbocycles. The van der Waals surface area contributed by atoms with Crippen LogP contribution in [0.4, 0.5) is 0 Å². The van der Waals surface area contributed by atoms with Crippen molar-refractivity contribution in [2.75, 3.05) is 26.2 Å². The van der Waals surface area contributed by atoms with Crippen molar-refractivity contribution >= 4 is 46.6 Å². The highest BCUT2D eigenvalue weighted by Gasteiger charge is 2.27. The van der Waals surface area contributed by atoms with E-state index >= 15 is 0 Å². The van der Waals surface area contributed by atoms with Crippen LogP contribution in [0.3, 0.4) is 0 Å². The van der Waals surface area contributed by atoms with E-state index in [4.69, 9.17) is 4.99 Å². The standard InChI is InChI=1S/C23H32N4O.HI/c1-4-24-23(26-20-13-15-27(16-20)22(28)17(2)3)25-14-12-19-10-7-9-18-8-5-6-11-21(18)19;/h5-11,17,20H,4,12-16H2,1-3H3,(H2,24,25,26);1H. The van der Waals surface area contributed by atoms with Gasteiger partial charge in [-0.1, -0.05) is 56.3 Å². The van der Waals surface area contributed by atoms with Crippen LogP contribution in [0.15, 0.2) is 47.5 Å². The second kappa shape index (κ2) is 11.4. The number of carbonyl (C=O) groups excluding carboxylic acids is 1. The van der Waals surface area contributed by atoms with E-state index in [1.54, 1.807) is 0 Å². The van der Waals surface area contributed by atoms with Gasteiger partial charge >= 0.3 is 0 Å². The lowest BCUT2D eigenvalue weighted by Gasteiger charge is -2.20. The predicted octanol–water partition coefficient (Wildman–Crippen LogP) is 3.81. The van der Waals surface area contributed by atoms with Crippen molar-refractivity contribution in [1.29, 1.82) is 0 Å². The largest absolute Gasteiger partial charge is 0.357 e. The van der Waals surface area contributed by atoms with E-state index in [1.165, 1.54) is 16.3 Å². The number of nitrogens with one attached hydrogen (secondary N) is 2. The van der Waals surface area contributed by atoms with E-state index in [9.17, 15) is 4.79 Å². The lowest BCUT2D eigenvalue weighted by molar-refractivity contribution is -0.133. The Hall–Kier alpha value is -1.83. The molecule has 5 nitrogen and oxygen atoms in total. The summed E-state index contributed by atoms with van der Waals surface area (Å²) in [6, 6.07) is 15.2. The van der Waals surface area contributed by atoms with Gasteiger partial charge in [-0.2, -0.15) is 0 Å². The van der Waals surface area contributed by atoms with E-state index in [1.807, 2.05) is 18.7 Å². The number of carbonyl (C=O) groups is 1. The first-order valence-electron chi connectivity index (χ1n) is 10.4. The Bertz CT molecular complexity index is 831. The lowest BCUT2D eigenvalue weighted by atomic mass is 10.0. The van der Waals surface area contributed by atoms with Crippen LogP contribution in [0.5, 0.6) is 0 Å². The summed E-state index contributed by atoms with van der Waals surface area (Å²) < 4.78 is 0. The highest BCUT2D eigenvalue weighted by Crippen LogP contribution is 2.19. The maximum Gasteiger partial charge on any atom is 0.225 e. The third kappa shape index (κ3) is 6.32. The van der Waals surface area contributed by atoms with Gasteiger partial charge in [-0.25, -0.2) is 0 Å². The molecule has 0 saturated carbocycles. The van der Waals surface area contributed by atoms with Gasteiger partial charge in [-0.15, -0.1) is 24.0 Å². The lowest BCUT2D eigenvalue weighted by Crippen LogP contribution is -2.45. The van der Waals surface area contributed by atoms with Crippen molar-refractivity contribution in [3.63, 3.8) is 0 Å². The molecular weight excluding hydrogens is 475 g/mol. The van der Waals surface area contributed by atoms with Crippen LogP contribution in [-0.4, -0.2) is 49.0 Å². The van der Waals surface area contributed by atoms with Crippen LogP contribution in [-0.2, 0) is 11.2 Å². The Morgan fingerprint density at radius 2 is 1.97 bits per heavy atom. The van der Waals surface area contributed by atoms with Gasteiger partial charge in [-0.05, 0) is 36.1 Å². The number of hydrogen-bond donors (Lipinski definition) is 2. The number of rotatable bonds is 6. The molecule has 6 heteroatoms. The van der Waals surface area contributed by atoms with Gasteiger partial charge in [0.25, 0.3) is 0 Å². The summed E-state index contributed by atoms with van der Waals surface area (Å²) >= 11 is 0. The molecule has 0 spiro atoms. The number of benzene rings is 2.